The van der Waals surface area contributed by atoms with Crippen molar-refractivity contribution in [2.45, 2.75) is 19.4 Å². The molecule has 0 unspecified atom stereocenters. The minimum absolute atomic E-state index is 0.765. The van der Waals surface area contributed by atoms with Crippen molar-refractivity contribution >= 4 is 5.71 Å². The Morgan fingerprint density at radius 2 is 1.79 bits per heavy atom. The molecule has 0 radical (unpaired) electrons. The Kier molecular flexibility index (Phi) is 4.87. The van der Waals surface area contributed by atoms with Crippen LogP contribution in [0.4, 0.5) is 0 Å². The second-order valence-corrected chi connectivity index (χ2v) is 7.50. The smallest absolute Gasteiger partial charge is 0.142 e. The summed E-state index contributed by atoms with van der Waals surface area (Å²) in [4.78, 5) is 6.49. The average Bonchev–Trinajstić information content (AvgIpc) is 3.38. The van der Waals surface area contributed by atoms with E-state index in [0.29, 0.717) is 0 Å². The summed E-state index contributed by atoms with van der Waals surface area (Å²) in [5, 5.41) is 12.6. The van der Waals surface area contributed by atoms with Crippen LogP contribution >= 0.6 is 0 Å². The molecule has 1 aromatic carbocycles. The van der Waals surface area contributed by atoms with E-state index in [2.05, 4.69) is 39.3 Å². The van der Waals surface area contributed by atoms with Gasteiger partial charge in [0.15, 0.2) is 0 Å². The lowest BCUT2D eigenvalue weighted by Gasteiger charge is -2.25. The van der Waals surface area contributed by atoms with Crippen LogP contribution in [-0.2, 0) is 17.7 Å². The maximum atomic E-state index is 9.20. The van der Waals surface area contributed by atoms with Gasteiger partial charge in [0.1, 0.15) is 11.5 Å². The fraction of sp³-hybridized carbons (Fsp3) is 0.304. The van der Waals surface area contributed by atoms with Crippen molar-refractivity contribution in [2.24, 2.45) is 5.16 Å². The van der Waals surface area contributed by atoms with Crippen molar-refractivity contribution in [1.82, 2.24) is 9.88 Å². The van der Waals surface area contributed by atoms with Gasteiger partial charge >= 0.3 is 0 Å². The molecule has 2 aliphatic rings. The second kappa shape index (κ2) is 7.81. The standard InChI is InChI=1S/C23H23N3O3/c27-25-22-4-2-17-13-18(1-3-20(17)22)21-14-19(15-26-9-11-28-12-10-26)29-23(21)16-5-7-24-8-6-16/h1,3,5-8,13-14,27H,2,4,9-12,15H2/b25-22+. The maximum absolute atomic E-state index is 9.20. The fourth-order valence-corrected chi connectivity index (χ4v) is 4.17. The number of aryl methyl sites for hydroxylation is 1. The number of hydrogen-bond acceptors (Lipinski definition) is 6. The third-order valence-corrected chi connectivity index (χ3v) is 5.69. The van der Waals surface area contributed by atoms with Gasteiger partial charge in [-0.15, -0.1) is 0 Å². The number of aromatic nitrogens is 1. The van der Waals surface area contributed by atoms with Gasteiger partial charge in [-0.25, -0.2) is 0 Å². The van der Waals surface area contributed by atoms with E-state index in [1.54, 1.807) is 12.4 Å². The van der Waals surface area contributed by atoms with Gasteiger partial charge in [-0.1, -0.05) is 23.4 Å². The molecule has 1 N–H and O–H groups in total. The molecule has 0 spiro atoms. The van der Waals surface area contributed by atoms with Crippen LogP contribution in [0, 0.1) is 0 Å². The quantitative estimate of drug-likeness (QED) is 0.540. The predicted octanol–water partition coefficient (Wildman–Crippen LogP) is 3.97. The normalized spacial score (nSPS) is 18.3. The molecule has 1 saturated heterocycles. The molecular weight excluding hydrogens is 366 g/mol. The monoisotopic (exact) mass is 389 g/mol. The minimum Gasteiger partial charge on any atom is -0.459 e. The number of morpholine rings is 1. The third kappa shape index (κ3) is 3.57. The van der Waals surface area contributed by atoms with Gasteiger partial charge in [0.05, 0.1) is 25.5 Å². The number of oxime groups is 1. The summed E-state index contributed by atoms with van der Waals surface area (Å²) in [7, 11) is 0. The highest BCUT2D eigenvalue weighted by atomic mass is 16.5. The summed E-state index contributed by atoms with van der Waals surface area (Å²) in [6.45, 7) is 4.15. The van der Waals surface area contributed by atoms with Crippen LogP contribution in [0.3, 0.4) is 0 Å². The van der Waals surface area contributed by atoms with Gasteiger partial charge in [0, 0.05) is 42.2 Å². The van der Waals surface area contributed by atoms with E-state index in [9.17, 15) is 5.21 Å². The molecule has 0 atom stereocenters. The summed E-state index contributed by atoms with van der Waals surface area (Å²) >= 11 is 0. The molecular formula is C23H23N3O3. The Morgan fingerprint density at radius 3 is 2.59 bits per heavy atom. The molecule has 1 aliphatic heterocycles. The van der Waals surface area contributed by atoms with Crippen molar-refractivity contribution in [3.8, 4) is 22.5 Å². The van der Waals surface area contributed by atoms with Crippen LogP contribution in [0.5, 0.6) is 0 Å². The Labute approximate surface area is 169 Å². The first-order valence-electron chi connectivity index (χ1n) is 9.99. The first kappa shape index (κ1) is 18.1. The molecule has 29 heavy (non-hydrogen) atoms. The van der Waals surface area contributed by atoms with Crippen LogP contribution in [-0.4, -0.2) is 47.1 Å². The molecule has 1 fully saturated rings. The summed E-state index contributed by atoms with van der Waals surface area (Å²) in [5.41, 5.74) is 6.23. The molecule has 6 nitrogen and oxygen atoms in total. The first-order valence-corrected chi connectivity index (χ1v) is 9.99. The van der Waals surface area contributed by atoms with Crippen molar-refractivity contribution in [1.29, 1.82) is 0 Å². The number of rotatable bonds is 4. The fourth-order valence-electron chi connectivity index (χ4n) is 4.17. The SMILES string of the molecule is O/N=C1\CCc2cc(-c3cc(CN4CCOCC4)oc3-c3ccncc3)ccc21. The van der Waals surface area contributed by atoms with Crippen LogP contribution in [0.1, 0.15) is 23.3 Å². The van der Waals surface area contributed by atoms with E-state index in [4.69, 9.17) is 9.15 Å². The van der Waals surface area contributed by atoms with Gasteiger partial charge in [-0.2, -0.15) is 0 Å². The van der Waals surface area contributed by atoms with Crippen molar-refractivity contribution in [3.05, 3.63) is 65.7 Å². The lowest BCUT2D eigenvalue weighted by molar-refractivity contribution is 0.0314. The topological polar surface area (TPSA) is 71.1 Å². The molecule has 0 amide bonds. The molecule has 148 valence electrons. The summed E-state index contributed by atoms with van der Waals surface area (Å²) < 4.78 is 11.8. The molecule has 6 heteroatoms. The largest absolute Gasteiger partial charge is 0.459 e. The molecule has 1 aliphatic carbocycles. The molecule has 5 rings (SSSR count). The number of hydrogen-bond donors (Lipinski definition) is 1. The highest BCUT2D eigenvalue weighted by molar-refractivity contribution is 6.04. The number of benzene rings is 1. The lowest BCUT2D eigenvalue weighted by atomic mass is 9.98. The van der Waals surface area contributed by atoms with Gasteiger partial charge in [0.25, 0.3) is 0 Å². The van der Waals surface area contributed by atoms with E-state index in [1.807, 2.05) is 12.1 Å². The number of furan rings is 1. The highest BCUT2D eigenvalue weighted by Crippen LogP contribution is 2.37. The van der Waals surface area contributed by atoms with Crippen molar-refractivity contribution in [3.63, 3.8) is 0 Å². The van der Waals surface area contributed by atoms with Gasteiger partial charge in [0.2, 0.25) is 0 Å². The summed E-state index contributed by atoms with van der Waals surface area (Å²) in [5.74, 6) is 1.82. The zero-order valence-corrected chi connectivity index (χ0v) is 16.2. The Bertz CT molecular complexity index is 1040. The second-order valence-electron chi connectivity index (χ2n) is 7.50. The zero-order valence-electron chi connectivity index (χ0n) is 16.2. The highest BCUT2D eigenvalue weighted by Gasteiger charge is 2.22. The molecule has 0 bridgehead atoms. The van der Waals surface area contributed by atoms with Gasteiger partial charge in [-0.3, -0.25) is 9.88 Å². The van der Waals surface area contributed by atoms with E-state index >= 15 is 0 Å². The van der Waals surface area contributed by atoms with Crippen LogP contribution < -0.4 is 0 Å². The number of fused-ring (bicyclic) bond motifs is 1. The zero-order chi connectivity index (χ0) is 19.6. The van der Waals surface area contributed by atoms with E-state index in [-0.39, 0.29) is 0 Å². The third-order valence-electron chi connectivity index (χ3n) is 5.69. The number of pyridine rings is 1. The summed E-state index contributed by atoms with van der Waals surface area (Å²) in [6, 6.07) is 12.4. The van der Waals surface area contributed by atoms with Crippen LogP contribution in [0.25, 0.3) is 22.5 Å². The van der Waals surface area contributed by atoms with E-state index in [1.165, 1.54) is 5.56 Å². The number of ether oxygens (including phenoxy) is 1. The first-order chi connectivity index (χ1) is 14.3. The predicted molar refractivity (Wildman–Crippen MR) is 110 cm³/mol. The van der Waals surface area contributed by atoms with Gasteiger partial charge < -0.3 is 14.4 Å². The molecule has 0 saturated carbocycles. The molecule has 2 aromatic heterocycles. The summed E-state index contributed by atoms with van der Waals surface area (Å²) in [6.07, 6.45) is 5.25. The Morgan fingerprint density at radius 1 is 0.966 bits per heavy atom. The lowest BCUT2D eigenvalue weighted by Crippen LogP contribution is -2.35. The van der Waals surface area contributed by atoms with Crippen molar-refractivity contribution in [2.75, 3.05) is 26.3 Å². The van der Waals surface area contributed by atoms with Crippen LogP contribution in [0.2, 0.25) is 0 Å². The van der Waals surface area contributed by atoms with Gasteiger partial charge in [-0.05, 0) is 42.2 Å². The van der Waals surface area contributed by atoms with Crippen molar-refractivity contribution < 1.29 is 14.4 Å². The van der Waals surface area contributed by atoms with E-state index < -0.39 is 0 Å². The Hall–Kier alpha value is -2.96. The van der Waals surface area contributed by atoms with Crippen LogP contribution in [0.15, 0.2) is 58.4 Å². The number of nitrogens with zero attached hydrogens (tertiary/aromatic N) is 3. The molecule has 3 aromatic rings. The minimum atomic E-state index is 0.765. The Balaban J connectivity index is 1.54. The van der Waals surface area contributed by atoms with E-state index in [0.717, 1.165) is 85.2 Å². The average molecular weight is 389 g/mol. The molecule has 3 heterocycles. The maximum Gasteiger partial charge on any atom is 0.142 e.